The molecule has 0 amide bonds. The zero-order valence-electron chi connectivity index (χ0n) is 6.14. The van der Waals surface area contributed by atoms with Gasteiger partial charge in [-0.3, -0.25) is 0 Å². The molecule has 0 radical (unpaired) electrons. The normalized spacial score (nSPS) is 8.67. The fourth-order valence-corrected chi connectivity index (χ4v) is 0.423. The average Bonchev–Trinajstić information content (AvgIpc) is 1.81. The number of hydrogen-bond acceptors (Lipinski definition) is 2. The molecule has 0 saturated carbocycles. The van der Waals surface area contributed by atoms with E-state index >= 15 is 0 Å². The van der Waals surface area contributed by atoms with Crippen LogP contribution >= 0.6 is 12.4 Å². The third-order valence-corrected chi connectivity index (χ3v) is 0.879. The van der Waals surface area contributed by atoms with Gasteiger partial charge in [0.15, 0.2) is 0 Å². The number of halogens is 1. The van der Waals surface area contributed by atoms with Crippen LogP contribution < -0.4 is 5.48 Å². The van der Waals surface area contributed by atoms with Gasteiger partial charge in [0.25, 0.3) is 0 Å². The summed E-state index contributed by atoms with van der Waals surface area (Å²) in [6.07, 6.45) is 2.42. The number of nitrogens with one attached hydrogen (secondary N) is 1. The molecule has 0 rings (SSSR count). The minimum Gasteiger partial charge on any atom is -0.302 e. The summed E-state index contributed by atoms with van der Waals surface area (Å²) in [6.45, 7) is 5.86. The van der Waals surface area contributed by atoms with Crippen LogP contribution in [0.2, 0.25) is 0 Å². The second-order valence-corrected chi connectivity index (χ2v) is 1.68. The van der Waals surface area contributed by atoms with Crippen LogP contribution in [0.4, 0.5) is 0 Å². The lowest BCUT2D eigenvalue weighted by Crippen LogP contribution is -2.15. The Kier molecular flexibility index (Phi) is 14.7. The first-order chi connectivity index (χ1) is 3.91. The van der Waals surface area contributed by atoms with Crippen LogP contribution in [-0.4, -0.2) is 13.2 Å². The predicted molar refractivity (Wildman–Crippen MR) is 41.8 cm³/mol. The fourth-order valence-electron chi connectivity index (χ4n) is 0.423. The summed E-state index contributed by atoms with van der Waals surface area (Å²) in [5.41, 5.74) is 2.84. The summed E-state index contributed by atoms with van der Waals surface area (Å²) < 4.78 is 0. The van der Waals surface area contributed by atoms with E-state index in [9.17, 15) is 0 Å². The van der Waals surface area contributed by atoms with E-state index in [0.29, 0.717) is 0 Å². The lowest BCUT2D eigenvalue weighted by Gasteiger charge is -1.99. The summed E-state index contributed by atoms with van der Waals surface area (Å²) >= 11 is 0. The van der Waals surface area contributed by atoms with Crippen molar-refractivity contribution in [3.05, 3.63) is 0 Å². The zero-order chi connectivity index (χ0) is 6.24. The summed E-state index contributed by atoms with van der Waals surface area (Å²) in [4.78, 5) is 4.89. The van der Waals surface area contributed by atoms with Gasteiger partial charge in [-0.1, -0.05) is 13.3 Å². The van der Waals surface area contributed by atoms with Crippen molar-refractivity contribution in [3.8, 4) is 0 Å². The maximum atomic E-state index is 4.89. The van der Waals surface area contributed by atoms with Crippen molar-refractivity contribution >= 4 is 12.4 Å². The van der Waals surface area contributed by atoms with Gasteiger partial charge in [-0.25, -0.2) is 5.48 Å². The minimum absolute atomic E-state index is 0. The molecule has 0 aliphatic heterocycles. The van der Waals surface area contributed by atoms with Crippen LogP contribution in [0.5, 0.6) is 0 Å². The van der Waals surface area contributed by atoms with E-state index in [4.69, 9.17) is 4.84 Å². The van der Waals surface area contributed by atoms with Crippen LogP contribution in [0, 0.1) is 0 Å². The Balaban J connectivity index is 0. The molecule has 0 aromatic rings. The van der Waals surface area contributed by atoms with Crippen molar-refractivity contribution in [2.75, 3.05) is 13.2 Å². The highest BCUT2D eigenvalue weighted by Crippen LogP contribution is 1.81. The quantitative estimate of drug-likeness (QED) is 0.480. The fraction of sp³-hybridized carbons (Fsp3) is 1.00. The van der Waals surface area contributed by atoms with E-state index in [2.05, 4.69) is 12.4 Å². The topological polar surface area (TPSA) is 21.3 Å². The lowest BCUT2D eigenvalue weighted by molar-refractivity contribution is 0.0504. The summed E-state index contributed by atoms with van der Waals surface area (Å²) in [6, 6.07) is 0. The lowest BCUT2D eigenvalue weighted by atomic mass is 10.3. The standard InChI is InChI=1S/C6H15NO.ClH/c1-3-5-6-7-8-4-2;/h7H,3-6H2,1-2H3;1H. The van der Waals surface area contributed by atoms with Gasteiger partial charge in [-0.15, -0.1) is 12.4 Å². The van der Waals surface area contributed by atoms with Gasteiger partial charge >= 0.3 is 0 Å². The van der Waals surface area contributed by atoms with Gasteiger partial charge in [-0.05, 0) is 13.3 Å². The zero-order valence-corrected chi connectivity index (χ0v) is 6.96. The first-order valence-corrected chi connectivity index (χ1v) is 3.26. The van der Waals surface area contributed by atoms with E-state index in [1.807, 2.05) is 6.92 Å². The molecule has 0 saturated heterocycles. The van der Waals surface area contributed by atoms with Crippen molar-refractivity contribution in [3.63, 3.8) is 0 Å². The molecule has 9 heavy (non-hydrogen) atoms. The van der Waals surface area contributed by atoms with Gasteiger partial charge in [0, 0.05) is 6.54 Å². The van der Waals surface area contributed by atoms with Crippen LogP contribution in [0.1, 0.15) is 26.7 Å². The third kappa shape index (κ3) is 11.7. The molecule has 0 aromatic heterocycles. The molecular formula is C6H16ClNO. The molecule has 1 N–H and O–H groups in total. The van der Waals surface area contributed by atoms with Gasteiger partial charge < -0.3 is 4.84 Å². The number of rotatable bonds is 5. The molecule has 0 aliphatic rings. The Morgan fingerprint density at radius 2 is 2.00 bits per heavy atom. The molecule has 0 heterocycles. The number of hydrogen-bond donors (Lipinski definition) is 1. The average molecular weight is 154 g/mol. The second kappa shape index (κ2) is 11.1. The highest BCUT2D eigenvalue weighted by atomic mass is 35.5. The molecule has 2 nitrogen and oxygen atoms in total. The molecule has 3 heteroatoms. The summed E-state index contributed by atoms with van der Waals surface area (Å²) in [5, 5.41) is 0. The summed E-state index contributed by atoms with van der Waals surface area (Å²) in [5.74, 6) is 0. The third-order valence-electron chi connectivity index (χ3n) is 0.879. The Morgan fingerprint density at radius 3 is 2.44 bits per heavy atom. The van der Waals surface area contributed by atoms with Crippen molar-refractivity contribution in [1.82, 2.24) is 5.48 Å². The predicted octanol–water partition coefficient (Wildman–Crippen LogP) is 1.75. The van der Waals surface area contributed by atoms with Crippen molar-refractivity contribution in [2.45, 2.75) is 26.7 Å². The minimum atomic E-state index is 0. The van der Waals surface area contributed by atoms with Gasteiger partial charge in [0.2, 0.25) is 0 Å². The second-order valence-electron chi connectivity index (χ2n) is 1.68. The van der Waals surface area contributed by atoms with Crippen LogP contribution in [-0.2, 0) is 4.84 Å². The molecule has 0 bridgehead atoms. The molecule has 0 aromatic carbocycles. The van der Waals surface area contributed by atoms with Crippen molar-refractivity contribution < 1.29 is 4.84 Å². The first kappa shape index (κ1) is 11.9. The largest absolute Gasteiger partial charge is 0.302 e. The molecule has 0 atom stereocenters. The highest BCUT2D eigenvalue weighted by Gasteiger charge is 1.80. The Bertz CT molecular complexity index is 38.0. The molecule has 0 aliphatic carbocycles. The maximum absolute atomic E-state index is 4.89. The molecule has 58 valence electrons. The number of unbranched alkanes of at least 4 members (excludes halogenated alkanes) is 1. The maximum Gasteiger partial charge on any atom is 0.0653 e. The van der Waals surface area contributed by atoms with Gasteiger partial charge in [-0.2, -0.15) is 0 Å². The van der Waals surface area contributed by atoms with E-state index in [0.717, 1.165) is 13.2 Å². The van der Waals surface area contributed by atoms with Gasteiger partial charge in [0.1, 0.15) is 0 Å². The monoisotopic (exact) mass is 153 g/mol. The summed E-state index contributed by atoms with van der Waals surface area (Å²) in [7, 11) is 0. The van der Waals surface area contributed by atoms with Crippen molar-refractivity contribution in [1.29, 1.82) is 0 Å². The van der Waals surface area contributed by atoms with E-state index in [1.165, 1.54) is 12.8 Å². The van der Waals surface area contributed by atoms with E-state index in [1.54, 1.807) is 0 Å². The van der Waals surface area contributed by atoms with Crippen molar-refractivity contribution in [2.24, 2.45) is 0 Å². The van der Waals surface area contributed by atoms with Crippen LogP contribution in [0.15, 0.2) is 0 Å². The van der Waals surface area contributed by atoms with Crippen LogP contribution in [0.3, 0.4) is 0 Å². The van der Waals surface area contributed by atoms with E-state index < -0.39 is 0 Å². The molecule has 0 fully saturated rings. The molecule has 0 unspecified atom stereocenters. The Morgan fingerprint density at radius 1 is 1.33 bits per heavy atom. The smallest absolute Gasteiger partial charge is 0.0653 e. The number of hydroxylamine groups is 1. The Labute approximate surface area is 63.3 Å². The SMILES string of the molecule is CCCCNOCC.Cl. The van der Waals surface area contributed by atoms with Crippen LogP contribution in [0.25, 0.3) is 0 Å². The first-order valence-electron chi connectivity index (χ1n) is 3.26. The molecular weight excluding hydrogens is 138 g/mol. The van der Waals surface area contributed by atoms with Gasteiger partial charge in [0.05, 0.1) is 6.61 Å². The molecule has 0 spiro atoms. The highest BCUT2D eigenvalue weighted by molar-refractivity contribution is 5.85. The Hall–Kier alpha value is 0.210. The van der Waals surface area contributed by atoms with E-state index in [-0.39, 0.29) is 12.4 Å².